The Morgan fingerprint density at radius 1 is 0.909 bits per heavy atom. The van der Waals surface area contributed by atoms with Gasteiger partial charge in [0.15, 0.2) is 0 Å². The average molecular weight is 564 g/mol. The number of rotatable bonds is 14. The first-order valence-corrected chi connectivity index (χ1v) is 22.6. The van der Waals surface area contributed by atoms with Crippen LogP contribution in [0.1, 0.15) is 111 Å². The van der Waals surface area contributed by atoms with Crippen molar-refractivity contribution in [2.45, 2.75) is 134 Å². The van der Waals surface area contributed by atoms with Gasteiger partial charge in [-0.15, -0.1) is 0 Å². The van der Waals surface area contributed by atoms with E-state index in [9.17, 15) is 9.59 Å². The summed E-state index contributed by atoms with van der Waals surface area (Å²) in [4.78, 5) is 29.2. The molecule has 0 bridgehead atoms. The Bertz CT molecular complexity index is 651. The van der Waals surface area contributed by atoms with E-state index >= 15 is 0 Å². The molecule has 1 saturated carbocycles. The zero-order valence-corrected chi connectivity index (χ0v) is 24.9. The summed E-state index contributed by atoms with van der Waals surface area (Å²) in [7, 11) is 0. The Hall–Kier alpha value is -0.321. The number of Topliss-reactive ketones (excluding diaryl/α,β-unsaturated/α-hetero) is 1. The second-order valence-corrected chi connectivity index (χ2v) is 25.5. The van der Waals surface area contributed by atoms with Crippen LogP contribution >= 0.6 is 0 Å². The number of carbonyl (C=O) groups excluding carboxylic acids is 2. The fraction of sp³-hybridized carbons (Fsp3) is 0.862. The Balaban J connectivity index is 1.81. The molecule has 2 fully saturated rings. The average Bonchev–Trinajstić information content (AvgIpc) is 3.10. The van der Waals surface area contributed by atoms with Crippen molar-refractivity contribution in [2.24, 2.45) is 11.8 Å². The summed E-state index contributed by atoms with van der Waals surface area (Å²) in [5, 5.41) is 0. The molecule has 0 spiro atoms. The summed E-state index contributed by atoms with van der Waals surface area (Å²) in [5.41, 5.74) is 1.53. The number of fused-ring (bicyclic) bond motifs is 1. The molecule has 3 rings (SSSR count). The molecule has 1 saturated heterocycles. The number of likely N-dealkylation sites (tertiary alicyclic amines) is 1. The Morgan fingerprint density at radius 3 is 2.15 bits per heavy atom. The molecule has 1 amide bonds. The van der Waals surface area contributed by atoms with Crippen LogP contribution in [0, 0.1) is 11.8 Å². The first kappa shape index (κ1) is 27.3. The van der Waals surface area contributed by atoms with Gasteiger partial charge in [0.05, 0.1) is 0 Å². The van der Waals surface area contributed by atoms with Gasteiger partial charge in [-0.25, -0.2) is 0 Å². The quantitative estimate of drug-likeness (QED) is 0.159. The maximum atomic E-state index is 14.0. The topological polar surface area (TPSA) is 37.4 Å². The van der Waals surface area contributed by atoms with Crippen LogP contribution in [0.15, 0.2) is 11.6 Å². The molecule has 0 aromatic carbocycles. The molecule has 33 heavy (non-hydrogen) atoms. The Labute approximate surface area is 208 Å². The molecule has 0 aromatic heterocycles. The fourth-order valence-electron chi connectivity index (χ4n) is 7.10. The van der Waals surface area contributed by atoms with Gasteiger partial charge in [0.1, 0.15) is 0 Å². The molecule has 1 heterocycles. The maximum absolute atomic E-state index is 14.0. The predicted molar refractivity (Wildman–Crippen MR) is 142 cm³/mol. The summed E-state index contributed by atoms with van der Waals surface area (Å²) in [6.07, 6.45) is 19.1. The molecule has 0 radical (unpaired) electrons. The minimum atomic E-state index is -2.44. The normalized spacial score (nSPS) is 26.0. The van der Waals surface area contributed by atoms with Crippen LogP contribution in [0.2, 0.25) is 17.7 Å². The van der Waals surface area contributed by atoms with E-state index in [1.54, 1.807) is 0 Å². The van der Waals surface area contributed by atoms with Crippen LogP contribution in [0.25, 0.3) is 0 Å². The molecular formula is C29H51NO2Sn. The third-order valence-corrected chi connectivity index (χ3v) is 24.9. The van der Waals surface area contributed by atoms with Crippen LogP contribution in [0.5, 0.6) is 0 Å². The Morgan fingerprint density at radius 2 is 1.58 bits per heavy atom. The second kappa shape index (κ2) is 13.7. The zero-order chi connectivity index (χ0) is 23.7. The Kier molecular flexibility index (Phi) is 11.3. The van der Waals surface area contributed by atoms with Crippen molar-refractivity contribution < 1.29 is 9.59 Å². The molecule has 0 N–H and O–H groups in total. The van der Waals surface area contributed by atoms with Gasteiger partial charge in [0.2, 0.25) is 0 Å². The molecule has 2 aliphatic carbocycles. The van der Waals surface area contributed by atoms with Crippen molar-refractivity contribution in [3.63, 3.8) is 0 Å². The van der Waals surface area contributed by atoms with Crippen LogP contribution in [0.3, 0.4) is 0 Å². The molecule has 4 heteroatoms. The van der Waals surface area contributed by atoms with Crippen LogP contribution in [-0.2, 0) is 9.59 Å². The molecule has 3 nitrogen and oxygen atoms in total. The number of amides is 1. The molecule has 1 aliphatic heterocycles. The number of carbonyl (C=O) groups is 2. The van der Waals surface area contributed by atoms with E-state index < -0.39 is 18.4 Å². The van der Waals surface area contributed by atoms with E-state index in [-0.39, 0.29) is 12.0 Å². The van der Waals surface area contributed by atoms with Gasteiger partial charge in [-0.3, -0.25) is 0 Å². The van der Waals surface area contributed by atoms with Crippen molar-refractivity contribution >= 4 is 30.1 Å². The number of unbranched alkanes of at least 4 members (excludes halogenated alkanes) is 3. The molecule has 0 aromatic rings. The van der Waals surface area contributed by atoms with Crippen molar-refractivity contribution in [1.29, 1.82) is 0 Å². The van der Waals surface area contributed by atoms with Crippen molar-refractivity contribution in [2.75, 3.05) is 6.54 Å². The monoisotopic (exact) mass is 565 g/mol. The van der Waals surface area contributed by atoms with Crippen LogP contribution in [-0.4, -0.2) is 47.6 Å². The third-order valence-electron chi connectivity index (χ3n) is 9.04. The second-order valence-electron chi connectivity index (χ2n) is 11.5. The number of allylic oxidation sites excluding steroid dienone is 1. The summed E-state index contributed by atoms with van der Waals surface area (Å²) in [5.74, 6) is 1.24. The fourth-order valence-corrected chi connectivity index (χ4v) is 24.5. The van der Waals surface area contributed by atoms with E-state index in [0.717, 1.165) is 25.8 Å². The number of ketones is 1. The molecule has 1 unspecified atom stereocenters. The van der Waals surface area contributed by atoms with Gasteiger partial charge in [-0.2, -0.15) is 0 Å². The molecule has 188 valence electrons. The van der Waals surface area contributed by atoms with E-state index in [4.69, 9.17) is 0 Å². The summed E-state index contributed by atoms with van der Waals surface area (Å²) >= 11 is -2.44. The van der Waals surface area contributed by atoms with Gasteiger partial charge >= 0.3 is 209 Å². The number of hydrogen-bond acceptors (Lipinski definition) is 2. The summed E-state index contributed by atoms with van der Waals surface area (Å²) in [6.45, 7) is 7.77. The van der Waals surface area contributed by atoms with Crippen molar-refractivity contribution in [3.8, 4) is 0 Å². The van der Waals surface area contributed by atoms with Gasteiger partial charge < -0.3 is 0 Å². The SMILES string of the molecule is CCC[CH2][Sn]([CH2]CCC)([CH2]CCC)[CH2][C@H]1C(=O)N(CCC2=CCCCC2)C2C(=O)CCC[C@@H]21. The molecule has 3 atom stereocenters. The van der Waals surface area contributed by atoms with Crippen LogP contribution in [0.4, 0.5) is 0 Å². The molecule has 3 aliphatic rings. The van der Waals surface area contributed by atoms with E-state index in [1.165, 1.54) is 87.5 Å². The number of hydrogen-bond donors (Lipinski definition) is 0. The first-order valence-electron chi connectivity index (χ1n) is 14.6. The third kappa shape index (κ3) is 7.10. The van der Waals surface area contributed by atoms with Crippen molar-refractivity contribution in [1.82, 2.24) is 4.90 Å². The standard InChI is InChI=1S/C17H24NO2.3C4H9.Sn/c1-12-14-8-5-9-15(19)16(14)18(17(12)20)11-10-13-6-3-2-4-7-13;3*1-3-4-2;/h6,12,14,16H,1-5,7-11H2;3*1,3-4H2,2H3;/t12-,14-,16?;;;;/m1..../s1. The minimum absolute atomic E-state index is 0.0899. The number of nitrogens with zero attached hydrogens (tertiary/aromatic N) is 1. The van der Waals surface area contributed by atoms with Gasteiger partial charge in [0, 0.05) is 0 Å². The van der Waals surface area contributed by atoms with Crippen LogP contribution < -0.4 is 0 Å². The van der Waals surface area contributed by atoms with E-state index in [2.05, 4.69) is 31.7 Å². The summed E-state index contributed by atoms with van der Waals surface area (Å²) < 4.78 is 5.63. The van der Waals surface area contributed by atoms with Crippen molar-refractivity contribution in [3.05, 3.63) is 11.6 Å². The van der Waals surface area contributed by atoms with E-state index in [0.29, 0.717) is 24.0 Å². The zero-order valence-electron chi connectivity index (χ0n) is 22.0. The predicted octanol–water partition coefficient (Wildman–Crippen LogP) is 7.92. The first-order chi connectivity index (χ1) is 16.0. The summed E-state index contributed by atoms with van der Waals surface area (Å²) in [6, 6.07) is -0.0899. The van der Waals surface area contributed by atoms with Gasteiger partial charge in [-0.1, -0.05) is 0 Å². The molecular weight excluding hydrogens is 513 g/mol. The van der Waals surface area contributed by atoms with Gasteiger partial charge in [-0.05, 0) is 0 Å². The van der Waals surface area contributed by atoms with Gasteiger partial charge in [0.25, 0.3) is 0 Å². The van der Waals surface area contributed by atoms with E-state index in [1.807, 2.05) is 0 Å².